The Kier molecular flexibility index (Phi) is 5.71. The number of allylic oxidation sites excluding steroid dienone is 1. The van der Waals surface area contributed by atoms with E-state index in [2.05, 4.69) is 0 Å². The second kappa shape index (κ2) is 5.73. The Balaban J connectivity index is 0.00000169. The van der Waals surface area contributed by atoms with Crippen molar-refractivity contribution in [2.24, 2.45) is 17.8 Å². The third-order valence-corrected chi connectivity index (χ3v) is 2.31. The number of aliphatic carboxylic acids is 2. The molecule has 1 aliphatic rings. The van der Waals surface area contributed by atoms with Crippen LogP contribution in [0.2, 0.25) is 0 Å². The predicted octanol–water partition coefficient (Wildman–Crippen LogP) is 0.0678. The van der Waals surface area contributed by atoms with Crippen LogP contribution < -0.4 is 0 Å². The zero-order valence-electron chi connectivity index (χ0n) is 7.30. The molecule has 0 bridgehead atoms. The van der Waals surface area contributed by atoms with Crippen LogP contribution in [0.5, 0.6) is 0 Å². The second-order valence-electron chi connectivity index (χ2n) is 3.41. The number of hydrogen-bond donors (Lipinski definition) is 2. The molecule has 0 aromatic carbocycles. The predicted molar refractivity (Wildman–Crippen MR) is 53.7 cm³/mol. The third-order valence-electron chi connectivity index (χ3n) is 2.31. The van der Waals surface area contributed by atoms with Gasteiger partial charge in [0.15, 0.2) is 0 Å². The van der Waals surface area contributed by atoms with Crippen LogP contribution in [-0.4, -0.2) is 59.9 Å². The van der Waals surface area contributed by atoms with E-state index in [9.17, 15) is 9.59 Å². The van der Waals surface area contributed by atoms with Crippen molar-refractivity contribution in [2.45, 2.75) is 13.3 Å². The summed E-state index contributed by atoms with van der Waals surface area (Å²) in [4.78, 5) is 21.4. The van der Waals surface area contributed by atoms with Crippen LogP contribution in [0.4, 0.5) is 0 Å². The Morgan fingerprint density at radius 1 is 1.21 bits per heavy atom. The van der Waals surface area contributed by atoms with Crippen molar-refractivity contribution >= 4 is 49.7 Å². The zero-order chi connectivity index (χ0) is 10.0. The van der Waals surface area contributed by atoms with Crippen LogP contribution >= 0.6 is 0 Å². The van der Waals surface area contributed by atoms with Crippen LogP contribution in [-0.2, 0) is 9.59 Å². The topological polar surface area (TPSA) is 74.6 Å². The van der Waals surface area contributed by atoms with Crippen molar-refractivity contribution in [1.29, 1.82) is 0 Å². The van der Waals surface area contributed by atoms with Gasteiger partial charge in [-0.25, -0.2) is 0 Å². The molecule has 2 N–H and O–H groups in total. The first kappa shape index (κ1) is 13.9. The maximum absolute atomic E-state index is 10.7. The Labute approximate surface area is 112 Å². The number of carbonyl (C=O) groups is 2. The summed E-state index contributed by atoms with van der Waals surface area (Å²) >= 11 is 0. The normalized spacial score (nSPS) is 30.5. The quantitative estimate of drug-likeness (QED) is 0.516. The van der Waals surface area contributed by atoms with Crippen LogP contribution in [0, 0.1) is 17.8 Å². The van der Waals surface area contributed by atoms with E-state index in [4.69, 9.17) is 10.2 Å². The second-order valence-corrected chi connectivity index (χ2v) is 3.41. The number of hydrogen-bond acceptors (Lipinski definition) is 2. The van der Waals surface area contributed by atoms with E-state index < -0.39 is 23.8 Å². The van der Waals surface area contributed by atoms with Gasteiger partial charge in [-0.15, -0.1) is 0 Å². The average Bonchev–Trinajstić information content (AvgIpc) is 2.03. The van der Waals surface area contributed by atoms with E-state index in [1.165, 1.54) is 6.08 Å². The molecule has 5 heteroatoms. The fourth-order valence-corrected chi connectivity index (χ4v) is 1.58. The molecule has 0 aromatic rings. The van der Waals surface area contributed by atoms with Gasteiger partial charge >= 0.3 is 49.7 Å². The van der Waals surface area contributed by atoms with E-state index in [0.29, 0.717) is 6.42 Å². The standard InChI is InChI=1S/C9H12O4.Ca.2H/c1-5-2-3-6(8(10)11)7(4-5)9(12)13;;;/h2-3,5-7H,4H2,1H3,(H,10,11)(H,12,13);;;. The average molecular weight is 226 g/mol. The van der Waals surface area contributed by atoms with Gasteiger partial charge in [-0.2, -0.15) is 0 Å². The molecule has 14 heavy (non-hydrogen) atoms. The van der Waals surface area contributed by atoms with Crippen molar-refractivity contribution in [2.75, 3.05) is 0 Å². The van der Waals surface area contributed by atoms with Crippen molar-refractivity contribution in [1.82, 2.24) is 0 Å². The monoisotopic (exact) mass is 226 g/mol. The Morgan fingerprint density at radius 3 is 2.21 bits per heavy atom. The molecule has 3 unspecified atom stereocenters. The summed E-state index contributed by atoms with van der Waals surface area (Å²) in [7, 11) is 0. The Morgan fingerprint density at radius 2 is 1.79 bits per heavy atom. The van der Waals surface area contributed by atoms with Gasteiger partial charge in [0.2, 0.25) is 0 Å². The van der Waals surface area contributed by atoms with E-state index in [0.717, 1.165) is 0 Å². The van der Waals surface area contributed by atoms with Crippen LogP contribution in [0.3, 0.4) is 0 Å². The molecule has 0 amide bonds. The SMILES string of the molecule is CC1C=CC(C(=O)O)C(C(=O)O)C1.[CaH2]. The minimum absolute atomic E-state index is 0. The van der Waals surface area contributed by atoms with Crippen molar-refractivity contribution in [3.63, 3.8) is 0 Å². The summed E-state index contributed by atoms with van der Waals surface area (Å²) in [5.41, 5.74) is 0. The van der Waals surface area contributed by atoms with Gasteiger partial charge in [0.1, 0.15) is 0 Å². The van der Waals surface area contributed by atoms with Gasteiger partial charge in [-0.3, -0.25) is 9.59 Å². The molecule has 0 saturated heterocycles. The maximum atomic E-state index is 10.7. The van der Waals surface area contributed by atoms with Gasteiger partial charge in [0, 0.05) is 0 Å². The number of carboxylic acids is 2. The molecule has 0 saturated carbocycles. The molecule has 0 aromatic heterocycles. The van der Waals surface area contributed by atoms with Crippen molar-refractivity contribution < 1.29 is 19.8 Å². The summed E-state index contributed by atoms with van der Waals surface area (Å²) < 4.78 is 0. The molecule has 1 aliphatic carbocycles. The van der Waals surface area contributed by atoms with Crippen LogP contribution in [0.15, 0.2) is 12.2 Å². The summed E-state index contributed by atoms with van der Waals surface area (Å²) in [6.07, 6.45) is 3.65. The van der Waals surface area contributed by atoms with Gasteiger partial charge in [0.25, 0.3) is 0 Å². The van der Waals surface area contributed by atoms with Crippen LogP contribution in [0.1, 0.15) is 13.3 Å². The number of rotatable bonds is 2. The zero-order valence-corrected chi connectivity index (χ0v) is 7.30. The van der Waals surface area contributed by atoms with E-state index in [-0.39, 0.29) is 43.7 Å². The molecule has 0 spiro atoms. The first-order chi connectivity index (χ1) is 6.02. The molecule has 0 radical (unpaired) electrons. The van der Waals surface area contributed by atoms with E-state index in [1.807, 2.05) is 6.92 Å². The van der Waals surface area contributed by atoms with Gasteiger partial charge < -0.3 is 10.2 Å². The van der Waals surface area contributed by atoms with E-state index in [1.54, 1.807) is 6.08 Å². The van der Waals surface area contributed by atoms with Gasteiger partial charge in [-0.05, 0) is 12.3 Å². The first-order valence-corrected chi connectivity index (χ1v) is 4.16. The van der Waals surface area contributed by atoms with Gasteiger partial charge in [0.05, 0.1) is 11.8 Å². The Hall–Kier alpha value is -0.0603. The minimum atomic E-state index is -1.06. The molecular weight excluding hydrogens is 212 g/mol. The van der Waals surface area contributed by atoms with Gasteiger partial charge in [-0.1, -0.05) is 19.1 Å². The number of carboxylic acid groups (broad SMARTS) is 2. The summed E-state index contributed by atoms with van der Waals surface area (Å²) in [6, 6.07) is 0. The van der Waals surface area contributed by atoms with E-state index >= 15 is 0 Å². The molecular formula is C9H14CaO4. The third kappa shape index (κ3) is 3.26. The summed E-state index contributed by atoms with van der Waals surface area (Å²) in [5, 5.41) is 17.5. The molecule has 3 atom stereocenters. The summed E-state index contributed by atoms with van der Waals surface area (Å²) in [6.45, 7) is 1.88. The molecule has 1 rings (SSSR count). The van der Waals surface area contributed by atoms with Crippen molar-refractivity contribution in [3.05, 3.63) is 12.2 Å². The molecule has 76 valence electrons. The Bertz CT molecular complexity index is 262. The molecule has 0 heterocycles. The fourth-order valence-electron chi connectivity index (χ4n) is 1.58. The molecule has 4 nitrogen and oxygen atoms in total. The molecule has 0 aliphatic heterocycles. The molecule has 0 fully saturated rings. The van der Waals surface area contributed by atoms with Crippen LogP contribution in [0.25, 0.3) is 0 Å². The van der Waals surface area contributed by atoms with Crippen molar-refractivity contribution in [3.8, 4) is 0 Å². The first-order valence-electron chi connectivity index (χ1n) is 4.16. The fraction of sp³-hybridized carbons (Fsp3) is 0.556. The summed E-state index contributed by atoms with van der Waals surface area (Å²) in [5.74, 6) is -3.58.